The molecule has 0 saturated carbocycles. The highest BCUT2D eigenvalue weighted by Crippen LogP contribution is 2.30. The molecule has 0 aliphatic heterocycles. The second-order valence-corrected chi connectivity index (χ2v) is 8.73. The van der Waals surface area contributed by atoms with Crippen molar-refractivity contribution in [2.24, 2.45) is 10.3 Å². The van der Waals surface area contributed by atoms with E-state index in [1.54, 1.807) is 68.4 Å². The summed E-state index contributed by atoms with van der Waals surface area (Å²) in [5, 5.41) is 8.37. The van der Waals surface area contributed by atoms with Crippen molar-refractivity contribution in [2.75, 3.05) is 20.8 Å². The molecular weight excluding hydrogens is 553 g/mol. The molecule has 0 aliphatic carbocycles. The van der Waals surface area contributed by atoms with Gasteiger partial charge in [0.05, 0.1) is 26.0 Å². The summed E-state index contributed by atoms with van der Waals surface area (Å²) in [7, 11) is 2.72. The van der Waals surface area contributed by atoms with Crippen LogP contribution in [-0.2, 0) is 43.3 Å². The van der Waals surface area contributed by atoms with E-state index in [1.165, 1.54) is 26.5 Å². The van der Waals surface area contributed by atoms with Gasteiger partial charge < -0.3 is 23.9 Å². The summed E-state index contributed by atoms with van der Waals surface area (Å²) in [5.74, 6) is -0.0998. The second-order valence-electron chi connectivity index (χ2n) is 8.73. The summed E-state index contributed by atoms with van der Waals surface area (Å²) < 4.78 is 54.5. The minimum absolute atomic E-state index is 0.0315. The molecule has 3 rings (SSSR count). The molecule has 8 nitrogen and oxygen atoms in total. The molecule has 0 N–H and O–H groups in total. The molecule has 0 bridgehead atoms. The van der Waals surface area contributed by atoms with Crippen molar-refractivity contribution in [3.8, 4) is 5.75 Å². The summed E-state index contributed by atoms with van der Waals surface area (Å²) >= 11 is 0. The Hall–Kier alpha value is -4.80. The van der Waals surface area contributed by atoms with Gasteiger partial charge in [-0.15, -0.1) is 0 Å². The van der Waals surface area contributed by atoms with Gasteiger partial charge in [0.25, 0.3) is 0 Å². The van der Waals surface area contributed by atoms with E-state index in [0.717, 1.165) is 12.1 Å². The first-order chi connectivity index (χ1) is 20.2. The molecule has 11 heteroatoms. The van der Waals surface area contributed by atoms with Crippen molar-refractivity contribution in [2.45, 2.75) is 33.2 Å². The van der Waals surface area contributed by atoms with Gasteiger partial charge in [-0.25, -0.2) is 4.79 Å². The number of carbonyl (C=O) groups excluding carboxylic acids is 1. The third kappa shape index (κ3) is 8.85. The number of hydrogen-bond acceptors (Lipinski definition) is 8. The van der Waals surface area contributed by atoms with Crippen molar-refractivity contribution >= 4 is 23.0 Å². The highest BCUT2D eigenvalue weighted by molar-refractivity contribution is 6.47. The van der Waals surface area contributed by atoms with Gasteiger partial charge in [-0.1, -0.05) is 46.7 Å². The van der Waals surface area contributed by atoms with Gasteiger partial charge in [0.2, 0.25) is 0 Å². The lowest BCUT2D eigenvalue weighted by Gasteiger charge is -2.12. The van der Waals surface area contributed by atoms with Crippen LogP contribution in [0.25, 0.3) is 5.57 Å². The van der Waals surface area contributed by atoms with Gasteiger partial charge >= 0.3 is 12.1 Å². The Morgan fingerprint density at radius 3 is 2.31 bits per heavy atom. The van der Waals surface area contributed by atoms with Gasteiger partial charge in [-0.2, -0.15) is 13.2 Å². The van der Waals surface area contributed by atoms with E-state index in [1.807, 2.05) is 0 Å². The van der Waals surface area contributed by atoms with E-state index < -0.39 is 17.7 Å². The van der Waals surface area contributed by atoms with Gasteiger partial charge in [0.15, 0.2) is 0 Å². The van der Waals surface area contributed by atoms with Crippen molar-refractivity contribution < 1.29 is 41.9 Å². The van der Waals surface area contributed by atoms with Crippen LogP contribution >= 0.6 is 0 Å². The number of rotatable bonds is 13. The number of nitrogens with zero attached hydrogens (tertiary/aromatic N) is 2. The first kappa shape index (κ1) is 31.7. The van der Waals surface area contributed by atoms with Crippen LogP contribution in [0.2, 0.25) is 0 Å². The monoisotopic (exact) mass is 584 g/mol. The smallest absolute Gasteiger partial charge is 0.416 e. The Labute approximate surface area is 242 Å². The molecule has 3 aromatic rings. The van der Waals surface area contributed by atoms with E-state index in [-0.39, 0.29) is 18.8 Å². The van der Waals surface area contributed by atoms with Crippen LogP contribution in [0, 0.1) is 0 Å². The standard InChI is InChI=1S/C31H31F3N2O6/c1-5-41-36-29(21(2)35-42-19-24-10-6-7-12-27(24)28(20-38-3)30(37)39-4)23-13-15-26(16-14-23)40-18-22-9-8-11-25(17-22)31(32,33)34/h6-17,20H,5,18-19H2,1-4H3/b28-20?,35-21-,36-29-. The van der Waals surface area contributed by atoms with Crippen molar-refractivity contribution in [1.82, 2.24) is 0 Å². The van der Waals surface area contributed by atoms with Gasteiger partial charge in [0.1, 0.15) is 42.6 Å². The molecular formula is C31H31F3N2O6. The van der Waals surface area contributed by atoms with Gasteiger partial charge in [-0.05, 0) is 61.4 Å². The molecule has 0 heterocycles. The zero-order valence-corrected chi connectivity index (χ0v) is 23.6. The molecule has 0 amide bonds. The first-order valence-electron chi connectivity index (χ1n) is 12.8. The number of alkyl halides is 3. The predicted molar refractivity (Wildman–Crippen MR) is 152 cm³/mol. The third-order valence-electron chi connectivity index (χ3n) is 5.79. The zero-order chi connectivity index (χ0) is 30.5. The molecule has 0 aromatic heterocycles. The Morgan fingerprint density at radius 2 is 1.64 bits per heavy atom. The fourth-order valence-corrected chi connectivity index (χ4v) is 3.77. The molecule has 222 valence electrons. The number of methoxy groups -OCH3 is 2. The molecule has 0 aliphatic rings. The minimum Gasteiger partial charge on any atom is -0.503 e. The zero-order valence-electron chi connectivity index (χ0n) is 23.6. The highest BCUT2D eigenvalue weighted by Gasteiger charge is 2.30. The topological polar surface area (TPSA) is 87.9 Å². The number of oxime groups is 2. The lowest BCUT2D eigenvalue weighted by molar-refractivity contribution is -0.137. The van der Waals surface area contributed by atoms with Crippen LogP contribution < -0.4 is 4.74 Å². The van der Waals surface area contributed by atoms with E-state index in [2.05, 4.69) is 10.3 Å². The minimum atomic E-state index is -4.42. The first-order valence-corrected chi connectivity index (χ1v) is 12.8. The van der Waals surface area contributed by atoms with Crippen molar-refractivity contribution in [3.05, 3.63) is 107 Å². The number of carbonyl (C=O) groups is 1. The quantitative estimate of drug-likeness (QED) is 0.0724. The molecule has 42 heavy (non-hydrogen) atoms. The second kappa shape index (κ2) is 15.3. The molecule has 0 spiro atoms. The van der Waals surface area contributed by atoms with Crippen LogP contribution in [0.5, 0.6) is 5.75 Å². The van der Waals surface area contributed by atoms with Gasteiger partial charge in [-0.3, -0.25) is 0 Å². The Kier molecular flexibility index (Phi) is 11.5. The largest absolute Gasteiger partial charge is 0.503 e. The molecule has 3 aromatic carbocycles. The number of hydrogen-bond donors (Lipinski definition) is 0. The number of ether oxygens (including phenoxy) is 3. The average molecular weight is 585 g/mol. The maximum Gasteiger partial charge on any atom is 0.416 e. The van der Waals surface area contributed by atoms with E-state index >= 15 is 0 Å². The summed E-state index contributed by atoms with van der Waals surface area (Å²) in [4.78, 5) is 23.2. The fourth-order valence-electron chi connectivity index (χ4n) is 3.77. The van der Waals surface area contributed by atoms with Crippen molar-refractivity contribution in [3.63, 3.8) is 0 Å². The van der Waals surface area contributed by atoms with Gasteiger partial charge in [0, 0.05) is 11.1 Å². The van der Waals surface area contributed by atoms with E-state index in [0.29, 0.717) is 46.0 Å². The lowest BCUT2D eigenvalue weighted by atomic mass is 10.0. The Bertz CT molecular complexity index is 1430. The molecule has 0 saturated heterocycles. The summed E-state index contributed by atoms with van der Waals surface area (Å²) in [5.41, 5.74) is 2.61. The highest BCUT2D eigenvalue weighted by atomic mass is 19.4. The maximum atomic E-state index is 13.0. The van der Waals surface area contributed by atoms with Crippen molar-refractivity contribution in [1.29, 1.82) is 0 Å². The Balaban J connectivity index is 1.73. The molecule has 0 fully saturated rings. The fraction of sp³-hybridized carbons (Fsp3) is 0.258. The molecule has 0 atom stereocenters. The maximum absolute atomic E-state index is 13.0. The van der Waals surface area contributed by atoms with E-state index in [9.17, 15) is 18.0 Å². The summed E-state index contributed by atoms with van der Waals surface area (Å²) in [6, 6.07) is 18.9. The van der Waals surface area contributed by atoms with Crippen LogP contribution in [-0.4, -0.2) is 38.2 Å². The van der Waals surface area contributed by atoms with Crippen LogP contribution in [0.3, 0.4) is 0 Å². The molecule has 0 radical (unpaired) electrons. The number of benzene rings is 3. The normalized spacial score (nSPS) is 12.5. The predicted octanol–water partition coefficient (Wildman–Crippen LogP) is 6.78. The number of esters is 1. The summed E-state index contributed by atoms with van der Waals surface area (Å²) in [6.45, 7) is 3.82. The SMILES string of the molecule is CCO/N=C(/C(C)=N\OCc1ccccc1C(=COC)C(=O)OC)c1ccc(OCc2cccc(C(F)(F)F)c2)cc1. The Morgan fingerprint density at radius 1 is 0.905 bits per heavy atom. The van der Waals surface area contributed by atoms with E-state index in [4.69, 9.17) is 23.9 Å². The van der Waals surface area contributed by atoms with Crippen LogP contribution in [0.4, 0.5) is 13.2 Å². The summed E-state index contributed by atoms with van der Waals surface area (Å²) in [6.07, 6.45) is -3.12. The average Bonchev–Trinajstić information content (AvgIpc) is 2.99. The molecule has 0 unspecified atom stereocenters. The lowest BCUT2D eigenvalue weighted by Crippen LogP contribution is -2.14. The number of halogens is 3. The van der Waals surface area contributed by atoms with Crippen LogP contribution in [0.1, 0.15) is 41.7 Å². The van der Waals surface area contributed by atoms with Crippen LogP contribution in [0.15, 0.2) is 89.4 Å². The third-order valence-corrected chi connectivity index (χ3v) is 5.79.